The molecule has 1 heterocycles. The molecule has 3 rings (SSSR count). The van der Waals surface area contributed by atoms with E-state index in [9.17, 15) is 10.1 Å². The quantitative estimate of drug-likeness (QED) is 0.451. The van der Waals surface area contributed by atoms with Crippen LogP contribution in [0.4, 0.5) is 11.5 Å². The third-order valence-electron chi connectivity index (χ3n) is 4.71. The Morgan fingerprint density at radius 1 is 1.15 bits per heavy atom. The van der Waals surface area contributed by atoms with Gasteiger partial charge in [0.1, 0.15) is 12.1 Å². The molecular formula is C19H24N4O3. The Bertz CT molecular complexity index is 741. The van der Waals surface area contributed by atoms with Crippen molar-refractivity contribution in [1.29, 1.82) is 0 Å². The summed E-state index contributed by atoms with van der Waals surface area (Å²) in [7, 11) is 0. The highest BCUT2D eigenvalue weighted by molar-refractivity contribution is 5.62. The van der Waals surface area contributed by atoms with Gasteiger partial charge in [0.05, 0.1) is 4.92 Å². The molecule has 0 radical (unpaired) electrons. The van der Waals surface area contributed by atoms with Gasteiger partial charge >= 0.3 is 11.6 Å². The van der Waals surface area contributed by atoms with Crippen LogP contribution in [0.5, 0.6) is 11.6 Å². The molecule has 0 atom stereocenters. The van der Waals surface area contributed by atoms with Gasteiger partial charge in [-0.3, -0.25) is 10.1 Å². The Morgan fingerprint density at radius 3 is 2.46 bits per heavy atom. The molecule has 7 nitrogen and oxygen atoms in total. The minimum Gasteiger partial charge on any atom is -0.434 e. The summed E-state index contributed by atoms with van der Waals surface area (Å²) in [6.07, 6.45) is 8.91. The van der Waals surface area contributed by atoms with E-state index < -0.39 is 4.92 Å². The zero-order valence-corrected chi connectivity index (χ0v) is 15.0. The Hall–Kier alpha value is -2.70. The lowest BCUT2D eigenvalue weighted by atomic mass is 10.1. The first-order valence-corrected chi connectivity index (χ1v) is 9.20. The summed E-state index contributed by atoms with van der Waals surface area (Å²) < 4.78 is 5.69. The maximum atomic E-state index is 11.6. The van der Waals surface area contributed by atoms with Gasteiger partial charge in [0.25, 0.3) is 0 Å². The zero-order valence-electron chi connectivity index (χ0n) is 15.0. The average molecular weight is 356 g/mol. The maximum absolute atomic E-state index is 11.6. The second kappa shape index (κ2) is 8.60. The molecular weight excluding hydrogens is 332 g/mol. The minimum absolute atomic E-state index is 0.0367. The Morgan fingerprint density at radius 2 is 1.85 bits per heavy atom. The lowest BCUT2D eigenvalue weighted by Gasteiger charge is -2.17. The topological polar surface area (TPSA) is 90.2 Å². The summed E-state index contributed by atoms with van der Waals surface area (Å²) in [5.41, 5.74) is 0.960. The lowest BCUT2D eigenvalue weighted by Crippen LogP contribution is -2.20. The van der Waals surface area contributed by atoms with Crippen LogP contribution < -0.4 is 10.1 Å². The van der Waals surface area contributed by atoms with Crippen molar-refractivity contribution in [3.05, 3.63) is 46.3 Å². The van der Waals surface area contributed by atoms with Crippen molar-refractivity contribution < 1.29 is 9.66 Å². The van der Waals surface area contributed by atoms with Crippen LogP contribution in [-0.4, -0.2) is 20.9 Å². The number of aryl methyl sites for hydroxylation is 1. The summed E-state index contributed by atoms with van der Waals surface area (Å²) in [6, 6.07) is 7.66. The normalized spacial score (nSPS) is 15.3. The first-order chi connectivity index (χ1) is 12.7. The summed E-state index contributed by atoms with van der Waals surface area (Å²) in [5, 5.41) is 14.9. The van der Waals surface area contributed by atoms with E-state index in [0.29, 0.717) is 5.75 Å². The van der Waals surface area contributed by atoms with Gasteiger partial charge in [-0.2, -0.15) is 4.98 Å². The standard InChI is InChI=1S/C19H24N4O3/c1-2-14-9-11-16(12-10-14)26-19-17(23(24)25)18(20-13-21-19)22-15-7-5-3-4-6-8-15/h9-13,15H,2-8H2,1H3,(H,20,21,22). The van der Waals surface area contributed by atoms with Crippen molar-refractivity contribution in [2.75, 3.05) is 5.32 Å². The summed E-state index contributed by atoms with van der Waals surface area (Å²) in [4.78, 5) is 19.3. The van der Waals surface area contributed by atoms with Crippen molar-refractivity contribution in [1.82, 2.24) is 9.97 Å². The molecule has 1 aliphatic rings. The largest absolute Gasteiger partial charge is 0.434 e. The second-order valence-electron chi connectivity index (χ2n) is 6.57. The molecule has 0 amide bonds. The number of benzene rings is 1. The van der Waals surface area contributed by atoms with E-state index in [-0.39, 0.29) is 23.4 Å². The molecule has 1 N–H and O–H groups in total. The summed E-state index contributed by atoms with van der Waals surface area (Å²) >= 11 is 0. The third kappa shape index (κ3) is 4.47. The molecule has 2 aromatic rings. The molecule has 0 spiro atoms. The number of ether oxygens (including phenoxy) is 1. The SMILES string of the molecule is CCc1ccc(Oc2ncnc(NC3CCCCCC3)c2[N+](=O)[O-])cc1. The van der Waals surface area contributed by atoms with E-state index in [1.807, 2.05) is 12.1 Å². The number of hydrogen-bond acceptors (Lipinski definition) is 6. The fraction of sp³-hybridized carbons (Fsp3) is 0.474. The Balaban J connectivity index is 1.83. The van der Waals surface area contributed by atoms with Crippen molar-refractivity contribution in [2.24, 2.45) is 0 Å². The molecule has 0 saturated heterocycles. The summed E-state index contributed by atoms with van der Waals surface area (Å²) in [6.45, 7) is 2.07. The van der Waals surface area contributed by atoms with Gasteiger partial charge in [-0.1, -0.05) is 44.7 Å². The molecule has 7 heteroatoms. The molecule has 138 valence electrons. The van der Waals surface area contributed by atoms with Gasteiger partial charge in [0.15, 0.2) is 0 Å². The van der Waals surface area contributed by atoms with E-state index in [1.165, 1.54) is 24.7 Å². The zero-order chi connectivity index (χ0) is 18.4. The number of rotatable bonds is 6. The lowest BCUT2D eigenvalue weighted by molar-refractivity contribution is -0.385. The Labute approximate surface area is 153 Å². The maximum Gasteiger partial charge on any atom is 0.373 e. The van der Waals surface area contributed by atoms with E-state index in [4.69, 9.17) is 4.74 Å². The van der Waals surface area contributed by atoms with Crippen molar-refractivity contribution in [3.8, 4) is 11.6 Å². The van der Waals surface area contributed by atoms with Crippen LogP contribution >= 0.6 is 0 Å². The molecule has 0 aliphatic heterocycles. The van der Waals surface area contributed by atoms with E-state index >= 15 is 0 Å². The van der Waals surface area contributed by atoms with Crippen LogP contribution in [0.3, 0.4) is 0 Å². The predicted octanol–water partition coefficient (Wildman–Crippen LogP) is 4.87. The summed E-state index contributed by atoms with van der Waals surface area (Å²) in [5.74, 6) is 0.715. The number of anilines is 1. The monoisotopic (exact) mass is 356 g/mol. The molecule has 26 heavy (non-hydrogen) atoms. The number of nitrogens with one attached hydrogen (secondary N) is 1. The molecule has 0 unspecified atom stereocenters. The van der Waals surface area contributed by atoms with Gasteiger partial charge in [-0.25, -0.2) is 4.98 Å². The van der Waals surface area contributed by atoms with Gasteiger partial charge in [0.2, 0.25) is 5.82 Å². The fourth-order valence-corrected chi connectivity index (χ4v) is 3.23. The third-order valence-corrected chi connectivity index (χ3v) is 4.71. The van der Waals surface area contributed by atoms with E-state index in [1.54, 1.807) is 12.1 Å². The number of nitrogens with zero attached hydrogens (tertiary/aromatic N) is 3. The van der Waals surface area contributed by atoms with Crippen molar-refractivity contribution in [3.63, 3.8) is 0 Å². The van der Waals surface area contributed by atoms with E-state index in [0.717, 1.165) is 32.1 Å². The van der Waals surface area contributed by atoms with Crippen LogP contribution in [0.1, 0.15) is 51.0 Å². The van der Waals surface area contributed by atoms with Gasteiger partial charge in [-0.15, -0.1) is 0 Å². The van der Waals surface area contributed by atoms with Crippen LogP contribution in [0.25, 0.3) is 0 Å². The highest BCUT2D eigenvalue weighted by Crippen LogP contribution is 2.35. The van der Waals surface area contributed by atoms with Crippen LogP contribution in [0.15, 0.2) is 30.6 Å². The van der Waals surface area contributed by atoms with Crippen molar-refractivity contribution in [2.45, 2.75) is 57.9 Å². The first-order valence-electron chi connectivity index (χ1n) is 9.20. The van der Waals surface area contributed by atoms with Crippen LogP contribution in [0.2, 0.25) is 0 Å². The molecule has 0 bridgehead atoms. The second-order valence-corrected chi connectivity index (χ2v) is 6.57. The van der Waals surface area contributed by atoms with Crippen molar-refractivity contribution >= 4 is 11.5 Å². The smallest absolute Gasteiger partial charge is 0.373 e. The molecule has 1 saturated carbocycles. The van der Waals surface area contributed by atoms with E-state index in [2.05, 4.69) is 22.2 Å². The molecule has 1 fully saturated rings. The molecule has 1 aromatic carbocycles. The fourth-order valence-electron chi connectivity index (χ4n) is 3.23. The highest BCUT2D eigenvalue weighted by Gasteiger charge is 2.27. The first kappa shape index (κ1) is 18.1. The minimum atomic E-state index is -0.477. The number of hydrogen-bond donors (Lipinski definition) is 1. The van der Waals surface area contributed by atoms with Gasteiger partial charge in [0, 0.05) is 6.04 Å². The average Bonchev–Trinajstić information content (AvgIpc) is 2.91. The van der Waals surface area contributed by atoms with Gasteiger partial charge in [-0.05, 0) is 37.0 Å². The van der Waals surface area contributed by atoms with Crippen LogP contribution in [0, 0.1) is 10.1 Å². The highest BCUT2D eigenvalue weighted by atomic mass is 16.6. The van der Waals surface area contributed by atoms with Gasteiger partial charge < -0.3 is 10.1 Å². The Kier molecular flexibility index (Phi) is 5.99. The predicted molar refractivity (Wildman–Crippen MR) is 99.7 cm³/mol. The molecule has 1 aromatic heterocycles. The van der Waals surface area contributed by atoms with Crippen LogP contribution in [-0.2, 0) is 6.42 Å². The number of nitro groups is 1. The molecule has 1 aliphatic carbocycles. The number of aromatic nitrogens is 2.